The monoisotopic (exact) mass is 307 g/mol. The molecule has 122 valence electrons. The summed E-state index contributed by atoms with van der Waals surface area (Å²) in [7, 11) is 3.93. The van der Waals surface area contributed by atoms with Crippen molar-refractivity contribution in [1.29, 1.82) is 0 Å². The molecule has 6 nitrogen and oxygen atoms in total. The molecular formula is C16H25N3O3. The van der Waals surface area contributed by atoms with Crippen LogP contribution in [0.1, 0.15) is 40.8 Å². The molecule has 2 rings (SSSR count). The molecule has 1 N–H and O–H groups in total. The molecule has 0 saturated heterocycles. The summed E-state index contributed by atoms with van der Waals surface area (Å²) in [6.07, 6.45) is 1.16. The Hall–Kier alpha value is -1.82. The van der Waals surface area contributed by atoms with E-state index in [1.807, 2.05) is 32.8 Å². The highest BCUT2D eigenvalue weighted by molar-refractivity contribution is 5.97. The number of rotatable bonds is 5. The standard InChI is InChI=1S/C16H25N3O3/c1-5-14(20)19-8-6-13-12(10-19)15(11(2)22-13)16(21)17-7-9-18(3)4/h5-10H2,1-4H3,(H,17,21). The van der Waals surface area contributed by atoms with Gasteiger partial charge >= 0.3 is 0 Å². The van der Waals surface area contributed by atoms with Crippen LogP contribution in [0.15, 0.2) is 4.42 Å². The Labute approximate surface area is 131 Å². The summed E-state index contributed by atoms with van der Waals surface area (Å²) in [5.41, 5.74) is 1.47. The van der Waals surface area contributed by atoms with E-state index < -0.39 is 0 Å². The molecular weight excluding hydrogens is 282 g/mol. The topological polar surface area (TPSA) is 65.8 Å². The van der Waals surface area contributed by atoms with E-state index in [1.54, 1.807) is 4.90 Å². The highest BCUT2D eigenvalue weighted by Crippen LogP contribution is 2.28. The quantitative estimate of drug-likeness (QED) is 0.887. The minimum atomic E-state index is -0.116. The maximum absolute atomic E-state index is 12.4. The van der Waals surface area contributed by atoms with E-state index in [1.165, 1.54) is 0 Å². The van der Waals surface area contributed by atoms with Gasteiger partial charge in [0, 0.05) is 44.6 Å². The summed E-state index contributed by atoms with van der Waals surface area (Å²) in [6, 6.07) is 0. The van der Waals surface area contributed by atoms with Crippen molar-refractivity contribution in [1.82, 2.24) is 15.1 Å². The zero-order chi connectivity index (χ0) is 16.3. The zero-order valence-corrected chi connectivity index (χ0v) is 13.9. The first-order chi connectivity index (χ1) is 10.4. The summed E-state index contributed by atoms with van der Waals surface area (Å²) in [5, 5.41) is 2.92. The van der Waals surface area contributed by atoms with Gasteiger partial charge in [-0.15, -0.1) is 0 Å². The van der Waals surface area contributed by atoms with Gasteiger partial charge in [0.1, 0.15) is 11.5 Å². The van der Waals surface area contributed by atoms with Crippen LogP contribution in [-0.4, -0.2) is 55.3 Å². The number of hydrogen-bond donors (Lipinski definition) is 1. The second-order valence-electron chi connectivity index (χ2n) is 5.91. The number of carbonyl (C=O) groups is 2. The van der Waals surface area contributed by atoms with Gasteiger partial charge in [-0.05, 0) is 21.0 Å². The van der Waals surface area contributed by atoms with Crippen molar-refractivity contribution in [2.75, 3.05) is 33.7 Å². The van der Waals surface area contributed by atoms with Gasteiger partial charge in [0.05, 0.1) is 5.56 Å². The Balaban J connectivity index is 2.14. The molecule has 0 bridgehead atoms. The fourth-order valence-corrected chi connectivity index (χ4v) is 2.74. The highest BCUT2D eigenvalue weighted by Gasteiger charge is 2.29. The Morgan fingerprint density at radius 2 is 2.09 bits per heavy atom. The lowest BCUT2D eigenvalue weighted by atomic mass is 10.0. The van der Waals surface area contributed by atoms with Crippen LogP contribution in [0.3, 0.4) is 0 Å². The third kappa shape index (κ3) is 3.50. The van der Waals surface area contributed by atoms with Gasteiger partial charge in [0.2, 0.25) is 5.91 Å². The number of amides is 2. The Morgan fingerprint density at radius 1 is 1.36 bits per heavy atom. The first kappa shape index (κ1) is 16.5. The van der Waals surface area contributed by atoms with Crippen LogP contribution in [0.2, 0.25) is 0 Å². The Kier molecular flexibility index (Phi) is 5.24. The molecule has 2 heterocycles. The number of fused-ring (bicyclic) bond motifs is 1. The minimum Gasteiger partial charge on any atom is -0.465 e. The number of likely N-dealkylation sites (N-methyl/N-ethyl adjacent to an activating group) is 1. The lowest BCUT2D eigenvalue weighted by molar-refractivity contribution is -0.131. The number of nitrogens with zero attached hydrogens (tertiary/aromatic N) is 2. The second-order valence-corrected chi connectivity index (χ2v) is 5.91. The zero-order valence-electron chi connectivity index (χ0n) is 13.9. The van der Waals surface area contributed by atoms with Crippen molar-refractivity contribution in [3.8, 4) is 0 Å². The molecule has 0 atom stereocenters. The summed E-state index contributed by atoms with van der Waals surface area (Å²) < 4.78 is 5.74. The van der Waals surface area contributed by atoms with Crippen molar-refractivity contribution in [3.05, 3.63) is 22.6 Å². The Bertz CT molecular complexity index is 563. The van der Waals surface area contributed by atoms with E-state index >= 15 is 0 Å². The van der Waals surface area contributed by atoms with Crippen molar-refractivity contribution in [3.63, 3.8) is 0 Å². The number of aryl methyl sites for hydroxylation is 1. The number of furan rings is 1. The van der Waals surface area contributed by atoms with Gasteiger partial charge in [-0.1, -0.05) is 6.92 Å². The van der Waals surface area contributed by atoms with Gasteiger partial charge in [-0.3, -0.25) is 9.59 Å². The van der Waals surface area contributed by atoms with E-state index in [2.05, 4.69) is 5.32 Å². The van der Waals surface area contributed by atoms with Crippen molar-refractivity contribution in [2.24, 2.45) is 0 Å². The first-order valence-corrected chi connectivity index (χ1v) is 7.75. The van der Waals surface area contributed by atoms with E-state index in [0.29, 0.717) is 43.8 Å². The highest BCUT2D eigenvalue weighted by atomic mass is 16.3. The fourth-order valence-electron chi connectivity index (χ4n) is 2.74. The van der Waals surface area contributed by atoms with Gasteiger partial charge in [0.25, 0.3) is 5.91 Å². The van der Waals surface area contributed by atoms with Gasteiger partial charge in [0.15, 0.2) is 0 Å². The molecule has 0 saturated carbocycles. The fraction of sp³-hybridized carbons (Fsp3) is 0.625. The van der Waals surface area contributed by atoms with Gasteiger partial charge < -0.3 is 19.5 Å². The maximum Gasteiger partial charge on any atom is 0.255 e. The largest absolute Gasteiger partial charge is 0.465 e. The lowest BCUT2D eigenvalue weighted by Crippen LogP contribution is -2.37. The van der Waals surface area contributed by atoms with Crippen molar-refractivity contribution >= 4 is 11.8 Å². The summed E-state index contributed by atoms with van der Waals surface area (Å²) in [6.45, 7) is 6.16. The van der Waals surface area contributed by atoms with Crippen LogP contribution in [0.4, 0.5) is 0 Å². The van der Waals surface area contributed by atoms with E-state index in [-0.39, 0.29) is 11.8 Å². The maximum atomic E-state index is 12.4. The van der Waals surface area contributed by atoms with Crippen LogP contribution in [0.25, 0.3) is 0 Å². The number of hydrogen-bond acceptors (Lipinski definition) is 4. The minimum absolute atomic E-state index is 0.114. The van der Waals surface area contributed by atoms with Crippen LogP contribution in [-0.2, 0) is 17.8 Å². The van der Waals surface area contributed by atoms with Gasteiger partial charge in [-0.25, -0.2) is 0 Å². The summed E-state index contributed by atoms with van der Waals surface area (Å²) in [4.78, 5) is 28.1. The van der Waals surface area contributed by atoms with Crippen LogP contribution in [0.5, 0.6) is 0 Å². The molecule has 1 aliphatic heterocycles. The number of nitrogens with one attached hydrogen (secondary N) is 1. The van der Waals surface area contributed by atoms with Gasteiger partial charge in [-0.2, -0.15) is 0 Å². The van der Waals surface area contributed by atoms with Crippen LogP contribution >= 0.6 is 0 Å². The molecule has 1 aromatic rings. The molecule has 6 heteroatoms. The van der Waals surface area contributed by atoms with Crippen molar-refractivity contribution in [2.45, 2.75) is 33.2 Å². The molecule has 0 aliphatic carbocycles. The smallest absolute Gasteiger partial charge is 0.255 e. The molecule has 1 aliphatic rings. The lowest BCUT2D eigenvalue weighted by Gasteiger charge is -2.26. The molecule has 0 spiro atoms. The second kappa shape index (κ2) is 6.96. The average Bonchev–Trinajstić information content (AvgIpc) is 2.80. The molecule has 1 aromatic heterocycles. The molecule has 22 heavy (non-hydrogen) atoms. The third-order valence-electron chi connectivity index (χ3n) is 3.95. The Morgan fingerprint density at radius 3 is 2.73 bits per heavy atom. The third-order valence-corrected chi connectivity index (χ3v) is 3.95. The van der Waals surface area contributed by atoms with E-state index in [0.717, 1.165) is 17.9 Å². The van der Waals surface area contributed by atoms with Crippen molar-refractivity contribution < 1.29 is 14.0 Å². The molecule has 0 unspecified atom stereocenters. The molecule has 0 aromatic carbocycles. The normalized spacial score (nSPS) is 14.1. The SMILES string of the molecule is CCC(=O)N1CCc2oc(C)c(C(=O)NCCN(C)C)c2C1. The molecule has 0 fully saturated rings. The first-order valence-electron chi connectivity index (χ1n) is 7.75. The summed E-state index contributed by atoms with van der Waals surface area (Å²) in [5.74, 6) is 1.48. The number of carbonyl (C=O) groups excluding carboxylic acids is 2. The summed E-state index contributed by atoms with van der Waals surface area (Å²) >= 11 is 0. The van der Waals surface area contributed by atoms with E-state index in [9.17, 15) is 9.59 Å². The molecule has 0 radical (unpaired) electrons. The molecule has 2 amide bonds. The van der Waals surface area contributed by atoms with Crippen LogP contribution < -0.4 is 5.32 Å². The van der Waals surface area contributed by atoms with Crippen LogP contribution in [0, 0.1) is 6.92 Å². The average molecular weight is 307 g/mol. The predicted molar refractivity (Wildman–Crippen MR) is 83.7 cm³/mol. The predicted octanol–water partition coefficient (Wildman–Crippen LogP) is 1.17. The van der Waals surface area contributed by atoms with E-state index in [4.69, 9.17) is 4.42 Å².